The molecular weight excluding hydrogens is 406 g/mol. The highest BCUT2D eigenvalue weighted by Gasteiger charge is 2.54. The van der Waals surface area contributed by atoms with Crippen molar-refractivity contribution in [2.24, 2.45) is 5.41 Å². The number of hydrogen-bond donors (Lipinski definition) is 1. The second kappa shape index (κ2) is 8.58. The summed E-state index contributed by atoms with van der Waals surface area (Å²) in [5.74, 6) is -0.221. The third-order valence-electron chi connectivity index (χ3n) is 8.43. The average molecular weight is 439 g/mol. The van der Waals surface area contributed by atoms with E-state index in [4.69, 9.17) is 0 Å². The van der Waals surface area contributed by atoms with Crippen LogP contribution in [0.2, 0.25) is 0 Å². The van der Waals surface area contributed by atoms with Crippen molar-refractivity contribution in [1.29, 1.82) is 0 Å². The van der Waals surface area contributed by atoms with Crippen molar-refractivity contribution >= 4 is 5.91 Å². The minimum absolute atomic E-state index is 0.0771. The Morgan fingerprint density at radius 1 is 0.781 bits per heavy atom. The SMILES string of the molecule is O=C1NCC(c2ccc(F)cc2)C12CCN(C1(c3ccc(F)cc3)CCCCCC1)CC2. The number of likely N-dealkylation sites (tertiary alicyclic amines) is 1. The van der Waals surface area contributed by atoms with Gasteiger partial charge in [0.25, 0.3) is 0 Å². The van der Waals surface area contributed by atoms with E-state index in [-0.39, 0.29) is 29.0 Å². The molecule has 3 fully saturated rings. The van der Waals surface area contributed by atoms with Crippen LogP contribution in [-0.2, 0) is 10.3 Å². The molecular formula is C27H32F2N2O. The van der Waals surface area contributed by atoms with Crippen molar-refractivity contribution in [3.8, 4) is 0 Å². The summed E-state index contributed by atoms with van der Waals surface area (Å²) in [5.41, 5.74) is 1.75. The van der Waals surface area contributed by atoms with Crippen molar-refractivity contribution in [2.75, 3.05) is 19.6 Å². The highest BCUT2D eigenvalue weighted by Crippen LogP contribution is 2.51. The summed E-state index contributed by atoms with van der Waals surface area (Å²) >= 11 is 0. The van der Waals surface area contributed by atoms with Crippen LogP contribution in [0.3, 0.4) is 0 Å². The Kier molecular flexibility index (Phi) is 5.79. The molecule has 3 nitrogen and oxygen atoms in total. The summed E-state index contributed by atoms with van der Waals surface area (Å²) in [5, 5.41) is 3.10. The highest BCUT2D eigenvalue weighted by atomic mass is 19.1. The number of piperidine rings is 1. The molecule has 2 aliphatic heterocycles. The van der Waals surface area contributed by atoms with Gasteiger partial charge in [-0.25, -0.2) is 8.78 Å². The quantitative estimate of drug-likeness (QED) is 0.641. The lowest BCUT2D eigenvalue weighted by molar-refractivity contribution is -0.132. The van der Waals surface area contributed by atoms with Crippen LogP contribution in [0.4, 0.5) is 8.78 Å². The molecule has 1 saturated carbocycles. The Labute approximate surface area is 189 Å². The third-order valence-corrected chi connectivity index (χ3v) is 8.43. The van der Waals surface area contributed by atoms with Gasteiger partial charge in [0.15, 0.2) is 0 Å². The molecule has 1 spiro atoms. The molecule has 2 saturated heterocycles. The van der Waals surface area contributed by atoms with E-state index in [1.807, 2.05) is 24.3 Å². The van der Waals surface area contributed by atoms with Crippen molar-refractivity contribution < 1.29 is 13.6 Å². The maximum Gasteiger partial charge on any atom is 0.227 e. The predicted molar refractivity (Wildman–Crippen MR) is 121 cm³/mol. The molecule has 5 heteroatoms. The summed E-state index contributed by atoms with van der Waals surface area (Å²) in [6.45, 7) is 2.32. The second-order valence-electron chi connectivity index (χ2n) is 9.91. The van der Waals surface area contributed by atoms with Crippen molar-refractivity contribution in [3.05, 3.63) is 71.3 Å². The summed E-state index contributed by atoms with van der Waals surface area (Å²) in [7, 11) is 0. The molecule has 0 bridgehead atoms. The van der Waals surface area contributed by atoms with Crippen LogP contribution in [0.15, 0.2) is 48.5 Å². The average Bonchev–Trinajstić information content (AvgIpc) is 2.98. The Morgan fingerprint density at radius 3 is 1.94 bits per heavy atom. The molecule has 2 heterocycles. The fraction of sp³-hybridized carbons (Fsp3) is 0.519. The van der Waals surface area contributed by atoms with Gasteiger partial charge in [-0.2, -0.15) is 0 Å². The van der Waals surface area contributed by atoms with E-state index in [0.29, 0.717) is 6.54 Å². The van der Waals surface area contributed by atoms with E-state index in [2.05, 4.69) is 10.2 Å². The molecule has 1 N–H and O–H groups in total. The fourth-order valence-corrected chi connectivity index (χ4v) is 6.63. The zero-order chi connectivity index (χ0) is 22.2. The first-order chi connectivity index (χ1) is 15.5. The van der Waals surface area contributed by atoms with Crippen LogP contribution in [0.5, 0.6) is 0 Å². The number of halogens is 2. The number of nitrogens with one attached hydrogen (secondary N) is 1. The second-order valence-corrected chi connectivity index (χ2v) is 9.91. The minimum atomic E-state index is -0.428. The summed E-state index contributed by atoms with van der Waals surface area (Å²) in [6.07, 6.45) is 8.60. The molecule has 0 aromatic heterocycles. The van der Waals surface area contributed by atoms with Crippen LogP contribution in [0.25, 0.3) is 0 Å². The van der Waals surface area contributed by atoms with E-state index in [1.165, 1.54) is 43.4 Å². The van der Waals surface area contributed by atoms with E-state index >= 15 is 0 Å². The van der Waals surface area contributed by atoms with Crippen molar-refractivity contribution in [3.63, 3.8) is 0 Å². The van der Waals surface area contributed by atoms with Crippen molar-refractivity contribution in [1.82, 2.24) is 10.2 Å². The van der Waals surface area contributed by atoms with Gasteiger partial charge < -0.3 is 5.32 Å². The molecule has 1 aliphatic carbocycles. The number of hydrogen-bond acceptors (Lipinski definition) is 2. The largest absolute Gasteiger partial charge is 0.355 e. The van der Waals surface area contributed by atoms with Gasteiger partial charge in [0, 0.05) is 31.1 Å². The summed E-state index contributed by atoms with van der Waals surface area (Å²) in [4.78, 5) is 15.7. The predicted octanol–water partition coefficient (Wildman–Crippen LogP) is 5.51. The maximum absolute atomic E-state index is 13.7. The lowest BCUT2D eigenvalue weighted by atomic mass is 9.66. The van der Waals surface area contributed by atoms with Gasteiger partial charge in [0.05, 0.1) is 5.41 Å². The zero-order valence-electron chi connectivity index (χ0n) is 18.6. The van der Waals surface area contributed by atoms with Gasteiger partial charge >= 0.3 is 0 Å². The molecule has 3 aliphatic rings. The van der Waals surface area contributed by atoms with E-state index in [9.17, 15) is 13.6 Å². The maximum atomic E-state index is 13.7. The molecule has 2 aromatic rings. The van der Waals surface area contributed by atoms with Gasteiger partial charge in [-0.15, -0.1) is 0 Å². The molecule has 170 valence electrons. The lowest BCUT2D eigenvalue weighted by Gasteiger charge is -2.50. The topological polar surface area (TPSA) is 32.3 Å². The summed E-state index contributed by atoms with van der Waals surface area (Å²) in [6, 6.07) is 13.8. The van der Waals surface area contributed by atoms with Crippen LogP contribution >= 0.6 is 0 Å². The van der Waals surface area contributed by atoms with Gasteiger partial charge in [0.1, 0.15) is 11.6 Å². The molecule has 0 radical (unpaired) electrons. The molecule has 1 atom stereocenters. The molecule has 1 unspecified atom stereocenters. The van der Waals surface area contributed by atoms with Crippen molar-refractivity contribution in [2.45, 2.75) is 62.8 Å². The molecule has 2 aromatic carbocycles. The van der Waals surface area contributed by atoms with Gasteiger partial charge in [-0.3, -0.25) is 9.69 Å². The van der Waals surface area contributed by atoms with Gasteiger partial charge in [0.2, 0.25) is 5.91 Å². The van der Waals surface area contributed by atoms with Crippen LogP contribution in [0.1, 0.15) is 68.4 Å². The van der Waals surface area contributed by atoms with Crippen LogP contribution < -0.4 is 5.32 Å². The van der Waals surface area contributed by atoms with E-state index < -0.39 is 5.41 Å². The normalized spacial score (nSPS) is 25.4. The highest BCUT2D eigenvalue weighted by molar-refractivity contribution is 5.86. The Morgan fingerprint density at radius 2 is 1.34 bits per heavy atom. The fourth-order valence-electron chi connectivity index (χ4n) is 6.63. The van der Waals surface area contributed by atoms with Gasteiger partial charge in [-0.05, 0) is 61.1 Å². The first kappa shape index (κ1) is 21.6. The summed E-state index contributed by atoms with van der Waals surface area (Å²) < 4.78 is 27.2. The Bertz CT molecular complexity index is 941. The number of carbonyl (C=O) groups is 1. The van der Waals surface area contributed by atoms with Gasteiger partial charge in [-0.1, -0.05) is 49.9 Å². The van der Waals surface area contributed by atoms with Crippen LogP contribution in [0, 0.1) is 17.0 Å². The monoisotopic (exact) mass is 438 g/mol. The number of benzene rings is 2. The number of amides is 1. The molecule has 32 heavy (non-hydrogen) atoms. The number of rotatable bonds is 3. The smallest absolute Gasteiger partial charge is 0.227 e. The minimum Gasteiger partial charge on any atom is -0.355 e. The molecule has 5 rings (SSSR count). The third kappa shape index (κ3) is 3.64. The first-order valence-electron chi connectivity index (χ1n) is 12.1. The Balaban J connectivity index is 1.42. The molecule has 1 amide bonds. The zero-order valence-corrected chi connectivity index (χ0v) is 18.6. The number of carbonyl (C=O) groups excluding carboxylic acids is 1. The van der Waals surface area contributed by atoms with E-state index in [1.54, 1.807) is 12.1 Å². The number of nitrogens with zero attached hydrogens (tertiary/aromatic N) is 1. The van der Waals surface area contributed by atoms with E-state index in [0.717, 1.165) is 44.3 Å². The first-order valence-corrected chi connectivity index (χ1v) is 12.1. The Hall–Kier alpha value is -2.27. The lowest BCUT2D eigenvalue weighted by Crippen LogP contribution is -2.54. The van der Waals surface area contributed by atoms with Crippen LogP contribution in [-0.4, -0.2) is 30.4 Å². The standard InChI is InChI=1S/C27H32F2N2O/c28-22-9-5-20(6-10-22)24-19-30-25(32)26(24)15-17-31(18-16-26)27(13-3-1-2-4-14-27)21-7-11-23(29)12-8-21/h5-12,24H,1-4,13-19H2,(H,30,32).